The van der Waals surface area contributed by atoms with Crippen LogP contribution in [0, 0.1) is 0 Å². The first-order valence-electron chi connectivity index (χ1n) is 2.93. The molecule has 0 heterocycles. The maximum atomic E-state index is 10.6. The molecule has 0 aromatic rings. The largest absolute Gasteiger partial charge is 0.453 e. The average molecular weight is 147 g/mol. The SMILES string of the molecule is COC(=O)NC(C)(C)OC. The van der Waals surface area contributed by atoms with Crippen molar-refractivity contribution in [2.24, 2.45) is 0 Å². The van der Waals surface area contributed by atoms with E-state index in [0.717, 1.165) is 0 Å². The number of methoxy groups -OCH3 is 2. The summed E-state index contributed by atoms with van der Waals surface area (Å²) in [5.74, 6) is 0. The van der Waals surface area contributed by atoms with Gasteiger partial charge in [-0.2, -0.15) is 0 Å². The molecule has 0 atom stereocenters. The Hall–Kier alpha value is -0.770. The minimum absolute atomic E-state index is 0.494. The van der Waals surface area contributed by atoms with Gasteiger partial charge in [0.25, 0.3) is 0 Å². The zero-order valence-electron chi connectivity index (χ0n) is 6.72. The lowest BCUT2D eigenvalue weighted by atomic mass is 10.3. The summed E-state index contributed by atoms with van der Waals surface area (Å²) in [6, 6.07) is 0. The molecule has 0 aliphatic rings. The van der Waals surface area contributed by atoms with Crippen LogP contribution in [0.2, 0.25) is 0 Å². The molecule has 0 bridgehead atoms. The Balaban J connectivity index is 3.76. The molecule has 0 saturated carbocycles. The highest BCUT2D eigenvalue weighted by molar-refractivity contribution is 5.67. The van der Waals surface area contributed by atoms with Gasteiger partial charge in [-0.15, -0.1) is 0 Å². The summed E-state index contributed by atoms with van der Waals surface area (Å²) in [6.07, 6.45) is -0.494. The minimum atomic E-state index is -0.660. The second-order valence-electron chi connectivity index (χ2n) is 2.33. The highest BCUT2D eigenvalue weighted by atomic mass is 16.6. The molecular formula is C6H13NO3. The second-order valence-corrected chi connectivity index (χ2v) is 2.33. The Labute approximate surface area is 60.5 Å². The quantitative estimate of drug-likeness (QED) is 0.585. The third kappa shape index (κ3) is 3.29. The first kappa shape index (κ1) is 9.23. The molecule has 0 saturated heterocycles. The van der Waals surface area contributed by atoms with E-state index in [1.54, 1.807) is 13.8 Å². The molecule has 1 N–H and O–H groups in total. The van der Waals surface area contributed by atoms with Gasteiger partial charge in [-0.25, -0.2) is 4.79 Å². The van der Waals surface area contributed by atoms with Crippen molar-refractivity contribution in [3.8, 4) is 0 Å². The van der Waals surface area contributed by atoms with E-state index in [0.29, 0.717) is 0 Å². The van der Waals surface area contributed by atoms with Crippen molar-refractivity contribution in [3.63, 3.8) is 0 Å². The fourth-order valence-electron chi connectivity index (χ4n) is 0.348. The lowest BCUT2D eigenvalue weighted by Gasteiger charge is -2.22. The topological polar surface area (TPSA) is 47.6 Å². The maximum Gasteiger partial charge on any atom is 0.409 e. The number of hydrogen-bond donors (Lipinski definition) is 1. The lowest BCUT2D eigenvalue weighted by Crippen LogP contribution is -2.44. The number of alkyl carbamates (subject to hydrolysis) is 1. The Morgan fingerprint density at radius 3 is 2.20 bits per heavy atom. The van der Waals surface area contributed by atoms with Crippen molar-refractivity contribution in [2.75, 3.05) is 14.2 Å². The van der Waals surface area contributed by atoms with Gasteiger partial charge in [0.15, 0.2) is 0 Å². The van der Waals surface area contributed by atoms with Crippen molar-refractivity contribution in [2.45, 2.75) is 19.6 Å². The lowest BCUT2D eigenvalue weighted by molar-refractivity contribution is -0.00491. The van der Waals surface area contributed by atoms with Gasteiger partial charge in [-0.1, -0.05) is 0 Å². The van der Waals surface area contributed by atoms with Crippen molar-refractivity contribution in [3.05, 3.63) is 0 Å². The number of carbonyl (C=O) groups excluding carboxylic acids is 1. The van der Waals surface area contributed by atoms with Crippen molar-refractivity contribution in [1.29, 1.82) is 0 Å². The van der Waals surface area contributed by atoms with Crippen LogP contribution < -0.4 is 5.32 Å². The molecule has 0 aliphatic heterocycles. The zero-order chi connectivity index (χ0) is 8.20. The van der Waals surface area contributed by atoms with Gasteiger partial charge in [-0.3, -0.25) is 5.32 Å². The number of amides is 1. The third-order valence-electron chi connectivity index (χ3n) is 1.10. The van der Waals surface area contributed by atoms with E-state index in [4.69, 9.17) is 4.74 Å². The maximum absolute atomic E-state index is 10.6. The summed E-state index contributed by atoms with van der Waals surface area (Å²) < 4.78 is 9.26. The van der Waals surface area contributed by atoms with Crippen molar-refractivity contribution >= 4 is 6.09 Å². The van der Waals surface area contributed by atoms with E-state index in [-0.39, 0.29) is 0 Å². The van der Waals surface area contributed by atoms with Gasteiger partial charge in [-0.05, 0) is 13.8 Å². The van der Waals surface area contributed by atoms with Gasteiger partial charge in [0.1, 0.15) is 5.72 Å². The van der Waals surface area contributed by atoms with E-state index in [1.165, 1.54) is 14.2 Å². The molecule has 0 aliphatic carbocycles. The standard InChI is InChI=1S/C6H13NO3/c1-6(2,10-4)7-5(8)9-3/h1-4H3,(H,7,8). The molecule has 0 rings (SSSR count). The Bertz CT molecular complexity index is 122. The number of ether oxygens (including phenoxy) is 2. The second kappa shape index (κ2) is 3.41. The van der Waals surface area contributed by atoms with Gasteiger partial charge >= 0.3 is 6.09 Å². The normalized spacial score (nSPS) is 10.8. The van der Waals surface area contributed by atoms with Crippen LogP contribution in [-0.2, 0) is 9.47 Å². The predicted octanol–water partition coefficient (Wildman–Crippen LogP) is 0.725. The predicted molar refractivity (Wildman–Crippen MR) is 36.6 cm³/mol. The highest BCUT2D eigenvalue weighted by Crippen LogP contribution is 2.01. The van der Waals surface area contributed by atoms with E-state index in [2.05, 4.69) is 10.1 Å². The molecule has 4 heteroatoms. The zero-order valence-corrected chi connectivity index (χ0v) is 6.72. The van der Waals surface area contributed by atoms with Gasteiger partial charge < -0.3 is 9.47 Å². The van der Waals surface area contributed by atoms with Crippen LogP contribution in [-0.4, -0.2) is 26.0 Å². The fraction of sp³-hybridized carbons (Fsp3) is 0.833. The minimum Gasteiger partial charge on any atom is -0.453 e. The van der Waals surface area contributed by atoms with Crippen LogP contribution in [0.15, 0.2) is 0 Å². The summed E-state index contributed by atoms with van der Waals surface area (Å²) in [4.78, 5) is 10.6. The summed E-state index contributed by atoms with van der Waals surface area (Å²) in [6.45, 7) is 3.45. The van der Waals surface area contributed by atoms with Gasteiger partial charge in [0.05, 0.1) is 7.11 Å². The fourth-order valence-corrected chi connectivity index (χ4v) is 0.348. The average Bonchev–Trinajstić information content (AvgIpc) is 1.87. The Morgan fingerprint density at radius 1 is 1.40 bits per heavy atom. The molecule has 0 spiro atoms. The first-order valence-corrected chi connectivity index (χ1v) is 2.93. The summed E-state index contributed by atoms with van der Waals surface area (Å²) >= 11 is 0. The number of rotatable bonds is 2. The van der Waals surface area contributed by atoms with E-state index < -0.39 is 11.8 Å². The summed E-state index contributed by atoms with van der Waals surface area (Å²) in [7, 11) is 2.82. The van der Waals surface area contributed by atoms with Crippen LogP contribution in [0.25, 0.3) is 0 Å². The number of carbonyl (C=O) groups is 1. The van der Waals surface area contributed by atoms with Crippen molar-refractivity contribution in [1.82, 2.24) is 5.32 Å². The monoisotopic (exact) mass is 147 g/mol. The van der Waals surface area contributed by atoms with Crippen LogP contribution in [0.5, 0.6) is 0 Å². The van der Waals surface area contributed by atoms with E-state index in [9.17, 15) is 4.79 Å². The van der Waals surface area contributed by atoms with E-state index in [1.807, 2.05) is 0 Å². The van der Waals surface area contributed by atoms with Crippen LogP contribution in [0.3, 0.4) is 0 Å². The Morgan fingerprint density at radius 2 is 1.90 bits per heavy atom. The molecule has 0 aromatic heterocycles. The number of nitrogens with one attached hydrogen (secondary N) is 1. The van der Waals surface area contributed by atoms with Crippen LogP contribution in [0.4, 0.5) is 4.79 Å². The molecule has 60 valence electrons. The first-order chi connectivity index (χ1) is 4.52. The molecule has 0 radical (unpaired) electrons. The summed E-state index contributed by atoms with van der Waals surface area (Å²) in [5, 5.41) is 2.47. The summed E-state index contributed by atoms with van der Waals surface area (Å²) in [5.41, 5.74) is -0.660. The van der Waals surface area contributed by atoms with Crippen molar-refractivity contribution < 1.29 is 14.3 Å². The van der Waals surface area contributed by atoms with Gasteiger partial charge in [0, 0.05) is 7.11 Å². The van der Waals surface area contributed by atoms with Gasteiger partial charge in [0.2, 0.25) is 0 Å². The molecule has 1 amide bonds. The van der Waals surface area contributed by atoms with Crippen LogP contribution >= 0.6 is 0 Å². The Kier molecular flexibility index (Phi) is 3.15. The molecule has 0 aromatic carbocycles. The van der Waals surface area contributed by atoms with Crippen LogP contribution in [0.1, 0.15) is 13.8 Å². The smallest absolute Gasteiger partial charge is 0.409 e. The number of hydrogen-bond acceptors (Lipinski definition) is 3. The molecule has 0 unspecified atom stereocenters. The molecular weight excluding hydrogens is 134 g/mol. The molecule has 4 nitrogen and oxygen atoms in total. The van der Waals surface area contributed by atoms with E-state index >= 15 is 0 Å². The highest BCUT2D eigenvalue weighted by Gasteiger charge is 2.18. The molecule has 0 fully saturated rings. The molecule has 10 heavy (non-hydrogen) atoms. The third-order valence-corrected chi connectivity index (χ3v) is 1.10.